The number of carbonyl (C=O) groups is 1. The van der Waals surface area contributed by atoms with Crippen molar-refractivity contribution in [3.63, 3.8) is 0 Å². The van der Waals surface area contributed by atoms with Crippen molar-refractivity contribution in [2.24, 2.45) is 5.73 Å². The van der Waals surface area contributed by atoms with E-state index in [1.807, 2.05) is 6.07 Å². The van der Waals surface area contributed by atoms with Gasteiger partial charge >= 0.3 is 0 Å². The first-order valence-electron chi connectivity index (χ1n) is 6.44. The fourth-order valence-corrected chi connectivity index (χ4v) is 2.00. The van der Waals surface area contributed by atoms with E-state index < -0.39 is 17.8 Å². The highest BCUT2D eigenvalue weighted by Crippen LogP contribution is 2.15. The van der Waals surface area contributed by atoms with E-state index >= 15 is 0 Å². The molecule has 1 aliphatic rings. The van der Waals surface area contributed by atoms with E-state index in [0.29, 0.717) is 12.1 Å². The maximum absolute atomic E-state index is 14.0. The Morgan fingerprint density at radius 1 is 1.57 bits per heavy atom. The lowest BCUT2D eigenvalue weighted by molar-refractivity contribution is 0.00326. The fourth-order valence-electron chi connectivity index (χ4n) is 2.00. The molecule has 2 N–H and O–H groups in total. The third kappa shape index (κ3) is 3.57. The molecule has 2 rings (SSSR count). The Balaban J connectivity index is 2.18. The first kappa shape index (κ1) is 15.0. The minimum Gasteiger partial charge on any atom is -0.360 e. The van der Waals surface area contributed by atoms with Crippen LogP contribution in [0.25, 0.3) is 0 Å². The van der Waals surface area contributed by atoms with Gasteiger partial charge in [0.1, 0.15) is 5.82 Å². The van der Waals surface area contributed by atoms with Gasteiger partial charge in [-0.3, -0.25) is 4.79 Å². The number of benzene rings is 1. The van der Waals surface area contributed by atoms with E-state index in [-0.39, 0.29) is 25.3 Å². The summed E-state index contributed by atoms with van der Waals surface area (Å²) in [5, 5.41) is 8.82. The summed E-state index contributed by atoms with van der Waals surface area (Å²) in [5.74, 6) is 4.24. The van der Waals surface area contributed by atoms with Gasteiger partial charge in [-0.1, -0.05) is 11.8 Å². The van der Waals surface area contributed by atoms with Gasteiger partial charge in [0.05, 0.1) is 31.3 Å². The van der Waals surface area contributed by atoms with E-state index in [4.69, 9.17) is 15.7 Å². The molecule has 0 spiro atoms. The second-order valence-corrected chi connectivity index (χ2v) is 4.44. The quantitative estimate of drug-likeness (QED) is 0.763. The van der Waals surface area contributed by atoms with Crippen LogP contribution in [0.2, 0.25) is 0 Å². The Kier molecular flexibility index (Phi) is 4.89. The SMILES string of the molecule is N#CC1CN(C(=O)c2ccc(C#CCN)cc2F)CCO1. The van der Waals surface area contributed by atoms with Crippen LogP contribution in [0.4, 0.5) is 4.39 Å². The van der Waals surface area contributed by atoms with Crippen molar-refractivity contribution in [1.29, 1.82) is 5.26 Å². The third-order valence-electron chi connectivity index (χ3n) is 3.03. The van der Waals surface area contributed by atoms with Crippen LogP contribution in [-0.2, 0) is 4.74 Å². The largest absolute Gasteiger partial charge is 0.360 e. The molecule has 0 saturated carbocycles. The summed E-state index contributed by atoms with van der Waals surface area (Å²) in [4.78, 5) is 13.7. The van der Waals surface area contributed by atoms with Crippen molar-refractivity contribution in [2.75, 3.05) is 26.2 Å². The van der Waals surface area contributed by atoms with Crippen LogP contribution in [0.1, 0.15) is 15.9 Å². The average molecular weight is 287 g/mol. The molecule has 1 aromatic rings. The van der Waals surface area contributed by atoms with Gasteiger partial charge in [-0.05, 0) is 18.2 Å². The van der Waals surface area contributed by atoms with E-state index in [1.54, 1.807) is 6.07 Å². The van der Waals surface area contributed by atoms with Crippen LogP contribution in [0.3, 0.4) is 0 Å². The van der Waals surface area contributed by atoms with Crippen LogP contribution in [0, 0.1) is 29.0 Å². The summed E-state index contributed by atoms with van der Waals surface area (Å²) in [6.45, 7) is 0.936. The second-order valence-electron chi connectivity index (χ2n) is 4.44. The van der Waals surface area contributed by atoms with Crippen molar-refractivity contribution >= 4 is 5.91 Å². The first-order valence-corrected chi connectivity index (χ1v) is 6.44. The molecule has 1 aliphatic heterocycles. The molecule has 21 heavy (non-hydrogen) atoms. The Bertz CT molecular complexity index is 643. The maximum atomic E-state index is 14.0. The van der Waals surface area contributed by atoms with E-state index in [2.05, 4.69) is 11.8 Å². The number of nitrogens with two attached hydrogens (primary N) is 1. The maximum Gasteiger partial charge on any atom is 0.257 e. The Hall–Kier alpha value is -2.41. The molecule has 1 fully saturated rings. The minimum absolute atomic E-state index is 0.0353. The third-order valence-corrected chi connectivity index (χ3v) is 3.03. The topological polar surface area (TPSA) is 79.4 Å². The summed E-state index contributed by atoms with van der Waals surface area (Å²) in [6.07, 6.45) is -0.666. The van der Waals surface area contributed by atoms with Crippen LogP contribution in [0.5, 0.6) is 0 Å². The molecule has 1 aromatic carbocycles. The molecule has 0 bridgehead atoms. The normalized spacial score (nSPS) is 17.6. The highest BCUT2D eigenvalue weighted by molar-refractivity contribution is 5.94. The standard InChI is InChI=1S/C15H14FN3O2/c16-14-8-11(2-1-5-17)3-4-13(14)15(20)19-6-7-21-12(9-18)10-19/h3-4,8,12H,5-7,10,17H2. The summed E-state index contributed by atoms with van der Waals surface area (Å²) in [7, 11) is 0. The molecule has 0 aliphatic carbocycles. The number of hydrogen-bond donors (Lipinski definition) is 1. The van der Waals surface area contributed by atoms with Gasteiger partial charge in [-0.25, -0.2) is 4.39 Å². The fraction of sp³-hybridized carbons (Fsp3) is 0.333. The van der Waals surface area contributed by atoms with Crippen LogP contribution < -0.4 is 5.73 Å². The van der Waals surface area contributed by atoms with Gasteiger partial charge in [0.2, 0.25) is 0 Å². The van der Waals surface area contributed by atoms with Crippen LogP contribution in [0.15, 0.2) is 18.2 Å². The van der Waals surface area contributed by atoms with Crippen molar-refractivity contribution < 1.29 is 13.9 Å². The lowest BCUT2D eigenvalue weighted by Gasteiger charge is -2.29. The van der Waals surface area contributed by atoms with Gasteiger partial charge in [0, 0.05) is 12.1 Å². The molecular formula is C15H14FN3O2. The molecular weight excluding hydrogens is 273 g/mol. The number of amides is 1. The van der Waals surface area contributed by atoms with Crippen molar-refractivity contribution in [3.8, 4) is 17.9 Å². The summed E-state index contributed by atoms with van der Waals surface area (Å²) in [5.41, 5.74) is 5.68. The van der Waals surface area contributed by atoms with E-state index in [1.165, 1.54) is 17.0 Å². The molecule has 1 heterocycles. The Labute approximate surface area is 122 Å². The number of rotatable bonds is 1. The molecule has 0 radical (unpaired) electrons. The molecule has 6 heteroatoms. The number of carbonyl (C=O) groups excluding carboxylic acids is 1. The van der Waals surface area contributed by atoms with Crippen LogP contribution >= 0.6 is 0 Å². The zero-order chi connectivity index (χ0) is 15.2. The van der Waals surface area contributed by atoms with Crippen molar-refractivity contribution in [1.82, 2.24) is 4.90 Å². The number of hydrogen-bond acceptors (Lipinski definition) is 4. The number of nitrogens with zero attached hydrogens (tertiary/aromatic N) is 2. The van der Waals surface area contributed by atoms with E-state index in [9.17, 15) is 9.18 Å². The van der Waals surface area contributed by atoms with Crippen molar-refractivity contribution in [2.45, 2.75) is 6.10 Å². The predicted molar refractivity (Wildman–Crippen MR) is 73.6 cm³/mol. The Morgan fingerprint density at radius 2 is 2.38 bits per heavy atom. The zero-order valence-electron chi connectivity index (χ0n) is 11.3. The van der Waals surface area contributed by atoms with Crippen molar-refractivity contribution in [3.05, 3.63) is 35.1 Å². The number of ether oxygens (including phenoxy) is 1. The van der Waals surface area contributed by atoms with Crippen LogP contribution in [-0.4, -0.2) is 43.2 Å². The van der Waals surface area contributed by atoms with Gasteiger partial charge in [-0.15, -0.1) is 0 Å². The number of halogens is 1. The molecule has 1 atom stereocenters. The number of morpholine rings is 1. The zero-order valence-corrected chi connectivity index (χ0v) is 11.3. The summed E-state index contributed by atoms with van der Waals surface area (Å²) < 4.78 is 19.2. The summed E-state index contributed by atoms with van der Waals surface area (Å²) in [6, 6.07) is 6.12. The summed E-state index contributed by atoms with van der Waals surface area (Å²) >= 11 is 0. The smallest absolute Gasteiger partial charge is 0.257 e. The molecule has 108 valence electrons. The second kappa shape index (κ2) is 6.85. The number of nitriles is 1. The van der Waals surface area contributed by atoms with Gasteiger partial charge < -0.3 is 15.4 Å². The molecule has 1 saturated heterocycles. The lowest BCUT2D eigenvalue weighted by Crippen LogP contribution is -2.45. The van der Waals surface area contributed by atoms with Gasteiger partial charge in [0.15, 0.2) is 6.10 Å². The van der Waals surface area contributed by atoms with Gasteiger partial charge in [0.25, 0.3) is 5.91 Å². The minimum atomic E-state index is -0.666. The lowest BCUT2D eigenvalue weighted by atomic mass is 10.1. The highest BCUT2D eigenvalue weighted by Gasteiger charge is 2.26. The molecule has 1 unspecified atom stereocenters. The molecule has 1 amide bonds. The van der Waals surface area contributed by atoms with E-state index in [0.717, 1.165) is 0 Å². The molecule has 0 aromatic heterocycles. The monoisotopic (exact) mass is 287 g/mol. The molecule has 5 nitrogen and oxygen atoms in total. The van der Waals surface area contributed by atoms with Gasteiger partial charge in [-0.2, -0.15) is 5.26 Å². The first-order chi connectivity index (χ1) is 10.2. The average Bonchev–Trinajstić information content (AvgIpc) is 2.52. The Morgan fingerprint density at radius 3 is 3.05 bits per heavy atom. The predicted octanol–water partition coefficient (Wildman–Crippen LogP) is 0.500. The highest BCUT2D eigenvalue weighted by atomic mass is 19.1.